The van der Waals surface area contributed by atoms with E-state index in [9.17, 15) is 4.79 Å². The molecule has 0 heterocycles. The van der Waals surface area contributed by atoms with Crippen LogP contribution in [0.5, 0.6) is 0 Å². The number of rotatable bonds is 6. The summed E-state index contributed by atoms with van der Waals surface area (Å²) in [6.45, 7) is 7.66. The minimum Gasteiger partial charge on any atom is -0.298 e. The fraction of sp³-hybridized carbons (Fsp3) is 0.526. The van der Waals surface area contributed by atoms with Crippen molar-refractivity contribution >= 4 is 5.78 Å². The van der Waals surface area contributed by atoms with Crippen LogP contribution in [-0.4, -0.2) is 5.78 Å². The van der Waals surface area contributed by atoms with Crippen LogP contribution >= 0.6 is 0 Å². The molecule has 2 rings (SSSR count). The molecule has 0 saturated heterocycles. The van der Waals surface area contributed by atoms with E-state index in [0.717, 1.165) is 51.4 Å². The lowest BCUT2D eigenvalue weighted by Crippen LogP contribution is -2.29. The summed E-state index contributed by atoms with van der Waals surface area (Å²) in [6.07, 6.45) is 16.7. The van der Waals surface area contributed by atoms with Crippen LogP contribution in [0.3, 0.4) is 0 Å². The number of allylic oxidation sites excluding steroid dienone is 6. The van der Waals surface area contributed by atoms with Crippen molar-refractivity contribution in [3.05, 3.63) is 48.6 Å². The Kier molecular flexibility index (Phi) is 5.58. The number of ketones is 1. The summed E-state index contributed by atoms with van der Waals surface area (Å²) in [4.78, 5) is 13.0. The predicted octanol–water partition coefficient (Wildman–Crippen LogP) is 5.16. The van der Waals surface area contributed by atoms with Gasteiger partial charge in [0.05, 0.1) is 0 Å². The zero-order valence-corrected chi connectivity index (χ0v) is 12.4. The van der Waals surface area contributed by atoms with Crippen molar-refractivity contribution in [1.29, 1.82) is 0 Å². The normalized spacial score (nSPS) is 26.4. The molecule has 0 aromatic heterocycles. The van der Waals surface area contributed by atoms with E-state index >= 15 is 0 Å². The predicted molar refractivity (Wildman–Crippen MR) is 85.5 cm³/mol. The standard InChI is InChI=1S/C19H26O/c1-3-9-15-11-5-7-13-17(15)19(20)18-14-8-6-12-16(18)10-4-2/h3-4,11-12,17-18H,1-2,5-10,13-14H2. The quantitative estimate of drug-likeness (QED) is 0.609. The molecular weight excluding hydrogens is 244 g/mol. The number of hydrogen-bond acceptors (Lipinski definition) is 1. The fourth-order valence-corrected chi connectivity index (χ4v) is 3.55. The Morgan fingerprint density at radius 3 is 1.85 bits per heavy atom. The van der Waals surface area contributed by atoms with Crippen LogP contribution in [0.1, 0.15) is 51.4 Å². The molecule has 0 aromatic carbocycles. The van der Waals surface area contributed by atoms with Crippen LogP contribution in [0, 0.1) is 11.8 Å². The van der Waals surface area contributed by atoms with Gasteiger partial charge in [-0.05, 0) is 51.4 Å². The zero-order valence-electron chi connectivity index (χ0n) is 12.4. The monoisotopic (exact) mass is 270 g/mol. The van der Waals surface area contributed by atoms with Crippen LogP contribution in [0.4, 0.5) is 0 Å². The highest BCUT2D eigenvalue weighted by molar-refractivity contribution is 5.88. The maximum Gasteiger partial charge on any atom is 0.147 e. The van der Waals surface area contributed by atoms with Crippen LogP contribution in [0.25, 0.3) is 0 Å². The lowest BCUT2D eigenvalue weighted by molar-refractivity contribution is -0.125. The van der Waals surface area contributed by atoms with E-state index < -0.39 is 0 Å². The van der Waals surface area contributed by atoms with E-state index in [4.69, 9.17) is 0 Å². The Morgan fingerprint density at radius 1 is 1.00 bits per heavy atom. The smallest absolute Gasteiger partial charge is 0.147 e. The fourth-order valence-electron chi connectivity index (χ4n) is 3.55. The van der Waals surface area contributed by atoms with Crippen molar-refractivity contribution < 1.29 is 4.79 Å². The topological polar surface area (TPSA) is 17.1 Å². The number of carbonyl (C=O) groups excluding carboxylic acids is 1. The lowest BCUT2D eigenvalue weighted by Gasteiger charge is -2.30. The minimum absolute atomic E-state index is 0.137. The van der Waals surface area contributed by atoms with Gasteiger partial charge < -0.3 is 0 Å². The Balaban J connectivity index is 2.16. The third-order valence-corrected chi connectivity index (χ3v) is 4.55. The summed E-state index contributed by atoms with van der Waals surface area (Å²) < 4.78 is 0. The van der Waals surface area contributed by atoms with Gasteiger partial charge >= 0.3 is 0 Å². The van der Waals surface area contributed by atoms with Crippen LogP contribution in [0.2, 0.25) is 0 Å². The van der Waals surface area contributed by atoms with Crippen molar-refractivity contribution in [2.24, 2.45) is 11.8 Å². The van der Waals surface area contributed by atoms with Gasteiger partial charge in [-0.25, -0.2) is 0 Å². The van der Waals surface area contributed by atoms with E-state index in [2.05, 4.69) is 25.3 Å². The number of carbonyl (C=O) groups is 1. The van der Waals surface area contributed by atoms with E-state index in [1.807, 2.05) is 12.2 Å². The van der Waals surface area contributed by atoms with Crippen molar-refractivity contribution in [1.82, 2.24) is 0 Å². The summed E-state index contributed by atoms with van der Waals surface area (Å²) in [7, 11) is 0. The molecule has 0 aliphatic heterocycles. The molecule has 108 valence electrons. The summed E-state index contributed by atoms with van der Waals surface area (Å²) in [6, 6.07) is 0. The first-order valence-corrected chi connectivity index (χ1v) is 7.91. The first-order valence-electron chi connectivity index (χ1n) is 7.91. The molecule has 0 saturated carbocycles. The minimum atomic E-state index is 0.137. The highest BCUT2D eigenvalue weighted by Gasteiger charge is 2.32. The molecule has 0 spiro atoms. The molecule has 0 amide bonds. The van der Waals surface area contributed by atoms with Crippen molar-refractivity contribution in [3.63, 3.8) is 0 Å². The second kappa shape index (κ2) is 7.42. The van der Waals surface area contributed by atoms with Crippen molar-refractivity contribution in [2.45, 2.75) is 51.4 Å². The lowest BCUT2D eigenvalue weighted by atomic mass is 9.73. The Labute approximate surface area is 123 Å². The molecule has 2 unspecified atom stereocenters. The molecular formula is C19H26O. The first kappa shape index (κ1) is 15.0. The van der Waals surface area contributed by atoms with Gasteiger partial charge in [0.2, 0.25) is 0 Å². The van der Waals surface area contributed by atoms with Crippen molar-refractivity contribution in [2.75, 3.05) is 0 Å². The van der Waals surface area contributed by atoms with Crippen LogP contribution < -0.4 is 0 Å². The second-order valence-electron chi connectivity index (χ2n) is 5.91. The number of Topliss-reactive ketones (excluding diaryl/α,β-unsaturated/α-hetero) is 1. The molecule has 0 fully saturated rings. The molecule has 2 atom stereocenters. The van der Waals surface area contributed by atoms with Gasteiger partial charge in [0.25, 0.3) is 0 Å². The SMILES string of the molecule is C=CCC1=CCCCC1C(=O)C1CCCC=C1CC=C. The van der Waals surface area contributed by atoms with E-state index in [1.165, 1.54) is 11.1 Å². The van der Waals surface area contributed by atoms with E-state index in [-0.39, 0.29) is 11.8 Å². The highest BCUT2D eigenvalue weighted by Crippen LogP contribution is 2.36. The van der Waals surface area contributed by atoms with Gasteiger partial charge in [-0.15, -0.1) is 13.2 Å². The van der Waals surface area contributed by atoms with Gasteiger partial charge in [0.15, 0.2) is 0 Å². The van der Waals surface area contributed by atoms with Crippen molar-refractivity contribution in [3.8, 4) is 0 Å². The van der Waals surface area contributed by atoms with Gasteiger partial charge in [-0.1, -0.05) is 35.5 Å². The average Bonchev–Trinajstić information content (AvgIpc) is 2.48. The van der Waals surface area contributed by atoms with Gasteiger partial charge in [-0.2, -0.15) is 0 Å². The Morgan fingerprint density at radius 2 is 1.45 bits per heavy atom. The molecule has 1 heteroatoms. The molecule has 0 aromatic rings. The maximum atomic E-state index is 13.0. The van der Waals surface area contributed by atoms with Gasteiger partial charge in [0, 0.05) is 11.8 Å². The van der Waals surface area contributed by atoms with E-state index in [0.29, 0.717) is 5.78 Å². The third kappa shape index (κ3) is 3.39. The highest BCUT2D eigenvalue weighted by atomic mass is 16.1. The molecule has 0 radical (unpaired) electrons. The van der Waals surface area contributed by atoms with Gasteiger partial charge in [-0.3, -0.25) is 4.79 Å². The zero-order chi connectivity index (χ0) is 14.4. The number of hydrogen-bond donors (Lipinski definition) is 0. The summed E-state index contributed by atoms with van der Waals surface area (Å²) in [5, 5.41) is 0. The molecule has 20 heavy (non-hydrogen) atoms. The molecule has 0 N–H and O–H groups in total. The van der Waals surface area contributed by atoms with Crippen LogP contribution in [0.15, 0.2) is 48.6 Å². The molecule has 0 bridgehead atoms. The third-order valence-electron chi connectivity index (χ3n) is 4.55. The molecule has 2 aliphatic carbocycles. The summed E-state index contributed by atoms with van der Waals surface area (Å²) in [5.74, 6) is 0.724. The summed E-state index contributed by atoms with van der Waals surface area (Å²) >= 11 is 0. The summed E-state index contributed by atoms with van der Waals surface area (Å²) in [5.41, 5.74) is 2.61. The second-order valence-corrected chi connectivity index (χ2v) is 5.91. The Hall–Kier alpha value is -1.37. The molecule has 2 aliphatic rings. The maximum absolute atomic E-state index is 13.0. The average molecular weight is 270 g/mol. The van der Waals surface area contributed by atoms with Crippen LogP contribution in [-0.2, 0) is 4.79 Å². The molecule has 1 nitrogen and oxygen atoms in total. The van der Waals surface area contributed by atoms with Gasteiger partial charge in [0.1, 0.15) is 5.78 Å². The Bertz CT molecular complexity index is 399. The largest absolute Gasteiger partial charge is 0.298 e. The first-order chi connectivity index (χ1) is 9.77. The van der Waals surface area contributed by atoms with E-state index in [1.54, 1.807) is 0 Å².